The first-order valence-corrected chi connectivity index (χ1v) is 7.77. The van der Waals surface area contributed by atoms with Gasteiger partial charge in [-0.1, -0.05) is 0 Å². The quantitative estimate of drug-likeness (QED) is 0.907. The third-order valence-corrected chi connectivity index (χ3v) is 4.09. The molecule has 1 aliphatic carbocycles. The number of nitrogens with zero attached hydrogens (tertiary/aromatic N) is 3. The summed E-state index contributed by atoms with van der Waals surface area (Å²) < 4.78 is 37.7. The van der Waals surface area contributed by atoms with Gasteiger partial charge in [0.1, 0.15) is 5.82 Å². The van der Waals surface area contributed by atoms with Crippen molar-refractivity contribution in [3.63, 3.8) is 0 Å². The average Bonchev–Trinajstić information content (AvgIpc) is 3.32. The van der Waals surface area contributed by atoms with E-state index < -0.39 is 11.7 Å². The van der Waals surface area contributed by atoms with Gasteiger partial charge in [0.05, 0.1) is 5.56 Å². The second-order valence-electron chi connectivity index (χ2n) is 5.95. The lowest BCUT2D eigenvalue weighted by molar-refractivity contribution is -0.137. The van der Waals surface area contributed by atoms with Gasteiger partial charge in [0, 0.05) is 38.4 Å². The van der Waals surface area contributed by atoms with Crippen LogP contribution in [0.4, 0.5) is 23.8 Å². The van der Waals surface area contributed by atoms with E-state index in [1.807, 2.05) is 4.90 Å². The third-order valence-electron chi connectivity index (χ3n) is 4.09. The monoisotopic (exact) mass is 328 g/mol. The Bertz CT molecular complexity index is 557. The molecule has 0 spiro atoms. The molecule has 2 aliphatic rings. The Morgan fingerprint density at radius 2 is 1.96 bits per heavy atom. The minimum atomic E-state index is -4.37. The van der Waals surface area contributed by atoms with Crippen LogP contribution in [-0.4, -0.2) is 48.1 Å². The van der Waals surface area contributed by atoms with E-state index in [9.17, 15) is 18.0 Å². The summed E-state index contributed by atoms with van der Waals surface area (Å²) in [7, 11) is 0. The van der Waals surface area contributed by atoms with Crippen LogP contribution in [0.25, 0.3) is 0 Å². The summed E-state index contributed by atoms with van der Waals surface area (Å²) in [6, 6.07) is 2.71. The van der Waals surface area contributed by atoms with Crippen LogP contribution in [0, 0.1) is 0 Å². The lowest BCUT2D eigenvalue weighted by Gasteiger charge is -2.23. The second kappa shape index (κ2) is 6.25. The number of nitrogens with one attached hydrogen (secondary N) is 1. The standard InChI is InChI=1S/C15H19F3N4O/c16-15(17,18)11-2-5-13(19-10-11)21-6-1-7-22(9-8-21)14(23)20-12-3-4-12/h2,5,10,12H,1,3-4,6-9H2,(H,20,23). The zero-order valence-corrected chi connectivity index (χ0v) is 12.6. The predicted octanol–water partition coefficient (Wildman–Crippen LogP) is 2.48. The molecule has 2 fully saturated rings. The fourth-order valence-electron chi connectivity index (χ4n) is 2.58. The molecule has 1 aromatic rings. The van der Waals surface area contributed by atoms with Gasteiger partial charge in [-0.25, -0.2) is 9.78 Å². The fourth-order valence-corrected chi connectivity index (χ4v) is 2.58. The van der Waals surface area contributed by atoms with Crippen LogP contribution in [0.1, 0.15) is 24.8 Å². The Hall–Kier alpha value is -1.99. The van der Waals surface area contributed by atoms with Gasteiger partial charge in [0.2, 0.25) is 0 Å². The summed E-state index contributed by atoms with van der Waals surface area (Å²) >= 11 is 0. The van der Waals surface area contributed by atoms with Crippen molar-refractivity contribution in [1.29, 1.82) is 0 Å². The molecule has 0 atom stereocenters. The summed E-state index contributed by atoms with van der Waals surface area (Å²) in [6.45, 7) is 2.43. The molecule has 1 aliphatic heterocycles. The van der Waals surface area contributed by atoms with E-state index in [2.05, 4.69) is 10.3 Å². The first-order valence-electron chi connectivity index (χ1n) is 7.77. The maximum Gasteiger partial charge on any atom is 0.417 e. The Morgan fingerprint density at radius 3 is 2.57 bits per heavy atom. The number of pyridine rings is 1. The van der Waals surface area contributed by atoms with Gasteiger partial charge in [0.25, 0.3) is 0 Å². The molecule has 1 N–H and O–H groups in total. The Kier molecular flexibility index (Phi) is 4.32. The molecule has 5 nitrogen and oxygen atoms in total. The van der Waals surface area contributed by atoms with Crippen LogP contribution in [0.3, 0.4) is 0 Å². The third kappa shape index (κ3) is 4.05. The Balaban J connectivity index is 1.59. The summed E-state index contributed by atoms with van der Waals surface area (Å²) in [4.78, 5) is 19.7. The highest BCUT2D eigenvalue weighted by atomic mass is 19.4. The lowest BCUT2D eigenvalue weighted by atomic mass is 10.2. The van der Waals surface area contributed by atoms with Crippen LogP contribution < -0.4 is 10.2 Å². The van der Waals surface area contributed by atoms with Crippen molar-refractivity contribution in [2.75, 3.05) is 31.1 Å². The highest BCUT2D eigenvalue weighted by Crippen LogP contribution is 2.29. The van der Waals surface area contributed by atoms with Gasteiger partial charge in [0.15, 0.2) is 0 Å². The fraction of sp³-hybridized carbons (Fsp3) is 0.600. The molecule has 2 amide bonds. The number of alkyl halides is 3. The van der Waals surface area contributed by atoms with Gasteiger partial charge in [-0.15, -0.1) is 0 Å². The van der Waals surface area contributed by atoms with Gasteiger partial charge in [-0.3, -0.25) is 0 Å². The van der Waals surface area contributed by atoms with Crippen molar-refractivity contribution in [3.8, 4) is 0 Å². The molecule has 126 valence electrons. The smallest absolute Gasteiger partial charge is 0.355 e. The van der Waals surface area contributed by atoms with E-state index in [1.54, 1.807) is 4.90 Å². The van der Waals surface area contributed by atoms with E-state index in [1.165, 1.54) is 6.07 Å². The van der Waals surface area contributed by atoms with Crippen LogP contribution in [0.5, 0.6) is 0 Å². The molecular formula is C15H19F3N4O. The number of halogens is 3. The summed E-state index contributed by atoms with van der Waals surface area (Å²) in [6.07, 6.45) is -0.664. The molecular weight excluding hydrogens is 309 g/mol. The molecule has 0 unspecified atom stereocenters. The summed E-state index contributed by atoms with van der Waals surface area (Å²) in [5.41, 5.74) is -0.749. The minimum Gasteiger partial charge on any atom is -0.355 e. The molecule has 8 heteroatoms. The van der Waals surface area contributed by atoms with Gasteiger partial charge < -0.3 is 15.1 Å². The van der Waals surface area contributed by atoms with Crippen molar-refractivity contribution >= 4 is 11.8 Å². The number of aromatic nitrogens is 1. The lowest BCUT2D eigenvalue weighted by Crippen LogP contribution is -2.42. The number of amides is 2. The van der Waals surface area contributed by atoms with Crippen molar-refractivity contribution in [1.82, 2.24) is 15.2 Å². The maximum absolute atomic E-state index is 12.6. The van der Waals surface area contributed by atoms with Crippen LogP contribution in [0.2, 0.25) is 0 Å². The normalized spacial score (nSPS) is 19.4. The predicted molar refractivity (Wildman–Crippen MR) is 79.2 cm³/mol. The number of carbonyl (C=O) groups excluding carboxylic acids is 1. The number of hydrogen-bond acceptors (Lipinski definition) is 3. The molecule has 0 aromatic carbocycles. The van der Waals surface area contributed by atoms with Gasteiger partial charge in [-0.2, -0.15) is 13.2 Å². The first kappa shape index (κ1) is 15.9. The molecule has 2 heterocycles. The Labute approximate surface area is 132 Å². The zero-order chi connectivity index (χ0) is 16.4. The van der Waals surface area contributed by atoms with Crippen molar-refractivity contribution in [2.45, 2.75) is 31.5 Å². The second-order valence-corrected chi connectivity index (χ2v) is 5.95. The average molecular weight is 328 g/mol. The molecule has 0 bridgehead atoms. The highest BCUT2D eigenvalue weighted by molar-refractivity contribution is 5.75. The van der Waals surface area contributed by atoms with E-state index in [4.69, 9.17) is 0 Å². The van der Waals surface area contributed by atoms with Gasteiger partial charge in [-0.05, 0) is 31.4 Å². The van der Waals surface area contributed by atoms with Crippen molar-refractivity contribution in [3.05, 3.63) is 23.9 Å². The van der Waals surface area contributed by atoms with Crippen LogP contribution in [0.15, 0.2) is 18.3 Å². The van der Waals surface area contributed by atoms with Gasteiger partial charge >= 0.3 is 12.2 Å². The number of rotatable bonds is 2. The number of anilines is 1. The SMILES string of the molecule is O=C(NC1CC1)N1CCCN(c2ccc(C(F)(F)F)cn2)CC1. The molecule has 0 radical (unpaired) electrons. The summed E-state index contributed by atoms with van der Waals surface area (Å²) in [5, 5.41) is 2.96. The Morgan fingerprint density at radius 1 is 1.17 bits per heavy atom. The number of urea groups is 1. The van der Waals surface area contributed by atoms with Crippen LogP contribution >= 0.6 is 0 Å². The molecule has 1 aromatic heterocycles. The largest absolute Gasteiger partial charge is 0.417 e. The van der Waals surface area contributed by atoms with Crippen molar-refractivity contribution < 1.29 is 18.0 Å². The van der Waals surface area contributed by atoms with E-state index in [0.29, 0.717) is 38.0 Å². The van der Waals surface area contributed by atoms with Crippen molar-refractivity contribution in [2.24, 2.45) is 0 Å². The zero-order valence-electron chi connectivity index (χ0n) is 12.6. The topological polar surface area (TPSA) is 48.5 Å². The first-order chi connectivity index (χ1) is 10.9. The van der Waals surface area contributed by atoms with Crippen LogP contribution in [-0.2, 0) is 6.18 Å². The van der Waals surface area contributed by atoms with E-state index in [-0.39, 0.29) is 6.03 Å². The molecule has 3 rings (SSSR count). The number of carbonyl (C=O) groups is 1. The molecule has 23 heavy (non-hydrogen) atoms. The molecule has 1 saturated heterocycles. The molecule has 1 saturated carbocycles. The number of hydrogen-bond donors (Lipinski definition) is 1. The minimum absolute atomic E-state index is 0.0465. The van der Waals surface area contributed by atoms with E-state index in [0.717, 1.165) is 31.5 Å². The van der Waals surface area contributed by atoms with E-state index >= 15 is 0 Å². The highest BCUT2D eigenvalue weighted by Gasteiger charge is 2.31. The summed E-state index contributed by atoms with van der Waals surface area (Å²) in [5.74, 6) is 0.516. The maximum atomic E-state index is 12.6.